The van der Waals surface area contributed by atoms with E-state index in [1.54, 1.807) is 0 Å². The van der Waals surface area contributed by atoms with Crippen LogP contribution in [0.25, 0.3) is 0 Å². The molecule has 0 spiro atoms. The summed E-state index contributed by atoms with van der Waals surface area (Å²) in [5, 5.41) is 0. The van der Waals surface area contributed by atoms with Gasteiger partial charge in [0, 0.05) is 7.26 Å². The normalized spacial score (nSPS) is 12.5. The molecule has 11 heavy (non-hydrogen) atoms. The molecule has 0 nitrogen and oxygen atoms in total. The number of rotatable bonds is 5. The average Bonchev–Trinajstić information content (AvgIpc) is 2.00. The lowest BCUT2D eigenvalue weighted by molar-refractivity contribution is 0.738. The minimum atomic E-state index is -0.495. The highest BCUT2D eigenvalue weighted by atomic mass is 31.2. The van der Waals surface area contributed by atoms with Crippen molar-refractivity contribution >= 4 is 7.26 Å². The Morgan fingerprint density at radius 1 is 0.909 bits per heavy atom. The van der Waals surface area contributed by atoms with Gasteiger partial charge in [-0.15, -0.1) is 0 Å². The average molecular weight is 175 g/mol. The Morgan fingerprint density at radius 2 is 1.27 bits per heavy atom. The van der Waals surface area contributed by atoms with Gasteiger partial charge in [-0.3, -0.25) is 0 Å². The van der Waals surface area contributed by atoms with Crippen LogP contribution in [0.3, 0.4) is 0 Å². The summed E-state index contributed by atoms with van der Waals surface area (Å²) < 4.78 is 0. The van der Waals surface area contributed by atoms with Crippen molar-refractivity contribution in [3.8, 4) is 0 Å². The first-order valence-electron chi connectivity index (χ1n) is 4.95. The summed E-state index contributed by atoms with van der Waals surface area (Å²) in [6, 6.07) is 0. The zero-order valence-corrected chi connectivity index (χ0v) is 9.75. The van der Waals surface area contributed by atoms with E-state index in [0.29, 0.717) is 0 Å². The van der Waals surface area contributed by atoms with Crippen molar-refractivity contribution in [1.29, 1.82) is 0 Å². The molecule has 68 valence electrons. The fraction of sp³-hybridized carbons (Fsp3) is 1.00. The standard InChI is InChI=1S/C10H24P/c1-6-11(7-2,8-3)9-10(4)5/h10H,6-9H2,1-5H3/q+1. The van der Waals surface area contributed by atoms with Crippen molar-refractivity contribution in [3.05, 3.63) is 0 Å². The molecule has 0 aromatic heterocycles. The third-order valence-electron chi connectivity index (χ3n) is 2.76. The predicted octanol–water partition coefficient (Wildman–Crippen LogP) is 3.72. The minimum absolute atomic E-state index is 0.495. The zero-order chi connectivity index (χ0) is 8.91. The number of hydrogen-bond acceptors (Lipinski definition) is 0. The van der Waals surface area contributed by atoms with Crippen molar-refractivity contribution in [2.24, 2.45) is 5.92 Å². The topological polar surface area (TPSA) is 0 Å². The third kappa shape index (κ3) is 3.56. The Balaban J connectivity index is 4.05. The van der Waals surface area contributed by atoms with Gasteiger partial charge in [-0.25, -0.2) is 0 Å². The highest BCUT2D eigenvalue weighted by Crippen LogP contribution is 2.58. The summed E-state index contributed by atoms with van der Waals surface area (Å²) in [5.41, 5.74) is 0. The van der Waals surface area contributed by atoms with Crippen molar-refractivity contribution in [3.63, 3.8) is 0 Å². The van der Waals surface area contributed by atoms with Crippen LogP contribution in [-0.2, 0) is 0 Å². The summed E-state index contributed by atoms with van der Waals surface area (Å²) in [4.78, 5) is 0. The van der Waals surface area contributed by atoms with Gasteiger partial charge in [-0.1, -0.05) is 13.8 Å². The van der Waals surface area contributed by atoms with E-state index in [2.05, 4.69) is 34.6 Å². The van der Waals surface area contributed by atoms with Gasteiger partial charge < -0.3 is 0 Å². The first-order valence-corrected chi connectivity index (χ1v) is 7.48. The monoisotopic (exact) mass is 175 g/mol. The molecular formula is C10H24P+. The summed E-state index contributed by atoms with van der Waals surface area (Å²) >= 11 is 0. The van der Waals surface area contributed by atoms with Crippen molar-refractivity contribution < 1.29 is 0 Å². The van der Waals surface area contributed by atoms with Gasteiger partial charge in [0.25, 0.3) is 0 Å². The Kier molecular flexibility index (Phi) is 5.34. The summed E-state index contributed by atoms with van der Waals surface area (Å²) in [7, 11) is -0.495. The molecule has 0 radical (unpaired) electrons. The van der Waals surface area contributed by atoms with Gasteiger partial charge in [0.05, 0.1) is 24.6 Å². The summed E-state index contributed by atoms with van der Waals surface area (Å²) in [5.74, 6) is 0.906. The van der Waals surface area contributed by atoms with E-state index < -0.39 is 7.26 Å². The summed E-state index contributed by atoms with van der Waals surface area (Å²) in [6.07, 6.45) is 5.88. The number of hydrogen-bond donors (Lipinski definition) is 0. The Morgan fingerprint density at radius 3 is 1.36 bits per heavy atom. The van der Waals surface area contributed by atoms with Gasteiger partial charge in [0.1, 0.15) is 0 Å². The largest absolute Gasteiger partial charge is 0.0616 e. The van der Waals surface area contributed by atoms with Crippen LogP contribution in [0.1, 0.15) is 34.6 Å². The first-order chi connectivity index (χ1) is 5.10. The first kappa shape index (κ1) is 11.4. The molecule has 0 aliphatic carbocycles. The Bertz CT molecular complexity index is 84.8. The van der Waals surface area contributed by atoms with Crippen molar-refractivity contribution in [1.82, 2.24) is 0 Å². The highest BCUT2D eigenvalue weighted by molar-refractivity contribution is 7.75. The molecule has 0 aromatic rings. The molecule has 0 saturated carbocycles. The molecule has 0 aliphatic heterocycles. The van der Waals surface area contributed by atoms with Crippen LogP contribution in [-0.4, -0.2) is 24.6 Å². The molecular weight excluding hydrogens is 151 g/mol. The zero-order valence-electron chi connectivity index (χ0n) is 8.85. The summed E-state index contributed by atoms with van der Waals surface area (Å²) in [6.45, 7) is 11.8. The second-order valence-electron chi connectivity index (χ2n) is 3.87. The predicted molar refractivity (Wildman–Crippen MR) is 58.2 cm³/mol. The maximum absolute atomic E-state index is 2.38. The Labute approximate surface area is 73.1 Å². The van der Waals surface area contributed by atoms with E-state index in [1.807, 2.05) is 0 Å². The fourth-order valence-corrected chi connectivity index (χ4v) is 5.50. The van der Waals surface area contributed by atoms with Gasteiger partial charge in [-0.2, -0.15) is 0 Å². The molecule has 1 heteroatoms. The lowest BCUT2D eigenvalue weighted by atomic mass is 10.3. The van der Waals surface area contributed by atoms with E-state index in [-0.39, 0.29) is 0 Å². The van der Waals surface area contributed by atoms with E-state index >= 15 is 0 Å². The Hall–Kier alpha value is 0.430. The van der Waals surface area contributed by atoms with Crippen LogP contribution in [0, 0.1) is 5.92 Å². The van der Waals surface area contributed by atoms with E-state index in [0.717, 1.165) is 5.92 Å². The van der Waals surface area contributed by atoms with Gasteiger partial charge in [0.2, 0.25) is 0 Å². The minimum Gasteiger partial charge on any atom is -0.0593 e. The SMILES string of the molecule is CC[P+](CC)(CC)CC(C)C. The van der Waals surface area contributed by atoms with Crippen LogP contribution in [0.4, 0.5) is 0 Å². The highest BCUT2D eigenvalue weighted by Gasteiger charge is 2.31. The second kappa shape index (κ2) is 5.14. The van der Waals surface area contributed by atoms with Gasteiger partial charge in [0.15, 0.2) is 0 Å². The van der Waals surface area contributed by atoms with Crippen molar-refractivity contribution in [2.45, 2.75) is 34.6 Å². The van der Waals surface area contributed by atoms with Gasteiger partial charge >= 0.3 is 0 Å². The molecule has 0 aromatic carbocycles. The van der Waals surface area contributed by atoms with Crippen LogP contribution >= 0.6 is 7.26 Å². The molecule has 0 N–H and O–H groups in total. The molecule has 0 aliphatic rings. The molecule has 0 atom stereocenters. The van der Waals surface area contributed by atoms with Crippen molar-refractivity contribution in [2.75, 3.05) is 24.6 Å². The van der Waals surface area contributed by atoms with E-state index in [1.165, 1.54) is 24.6 Å². The molecule has 0 bridgehead atoms. The lowest BCUT2D eigenvalue weighted by Crippen LogP contribution is -2.11. The quantitative estimate of drug-likeness (QED) is 0.559. The maximum atomic E-state index is 2.38. The van der Waals surface area contributed by atoms with Crippen LogP contribution in [0.2, 0.25) is 0 Å². The van der Waals surface area contributed by atoms with E-state index in [4.69, 9.17) is 0 Å². The van der Waals surface area contributed by atoms with Crippen LogP contribution in [0.15, 0.2) is 0 Å². The maximum Gasteiger partial charge on any atom is 0.0616 e. The van der Waals surface area contributed by atoms with Gasteiger partial charge in [-0.05, 0) is 26.7 Å². The molecule has 0 unspecified atom stereocenters. The van der Waals surface area contributed by atoms with Crippen LogP contribution in [0.5, 0.6) is 0 Å². The second-order valence-corrected chi connectivity index (χ2v) is 8.81. The molecule has 0 heterocycles. The third-order valence-corrected chi connectivity index (χ3v) is 8.29. The molecule has 0 saturated heterocycles. The smallest absolute Gasteiger partial charge is 0.0593 e. The molecule has 0 amide bonds. The molecule has 0 rings (SSSR count). The fourth-order valence-electron chi connectivity index (χ4n) is 1.83. The molecule has 0 fully saturated rings. The lowest BCUT2D eigenvalue weighted by Gasteiger charge is -2.25. The van der Waals surface area contributed by atoms with Crippen LogP contribution < -0.4 is 0 Å². The van der Waals surface area contributed by atoms with E-state index in [9.17, 15) is 0 Å².